The highest BCUT2D eigenvalue weighted by molar-refractivity contribution is 7.89. The van der Waals surface area contributed by atoms with Crippen molar-refractivity contribution in [3.8, 4) is 0 Å². The van der Waals surface area contributed by atoms with E-state index in [4.69, 9.17) is 5.14 Å². The van der Waals surface area contributed by atoms with Crippen molar-refractivity contribution in [2.75, 3.05) is 0 Å². The van der Waals surface area contributed by atoms with Crippen LogP contribution in [0.3, 0.4) is 0 Å². The zero-order valence-corrected chi connectivity index (χ0v) is 12.5. The summed E-state index contributed by atoms with van der Waals surface area (Å²) < 4.78 is 35.8. The molecule has 3 N–H and O–H groups in total. The topological polar surface area (TPSA) is 89.3 Å². The van der Waals surface area contributed by atoms with E-state index < -0.39 is 26.6 Å². The highest BCUT2D eigenvalue weighted by Gasteiger charge is 2.19. The molecule has 2 unspecified atom stereocenters. The van der Waals surface area contributed by atoms with Gasteiger partial charge in [0.1, 0.15) is 10.7 Å². The maximum Gasteiger partial charge on any atom is 0.251 e. The molecule has 1 amide bonds. The second-order valence-corrected chi connectivity index (χ2v) is 6.37. The summed E-state index contributed by atoms with van der Waals surface area (Å²) in [6.45, 7) is 5.85. The zero-order valence-electron chi connectivity index (χ0n) is 11.7. The number of amides is 1. The van der Waals surface area contributed by atoms with Gasteiger partial charge < -0.3 is 5.32 Å². The molecule has 0 radical (unpaired) electrons. The van der Waals surface area contributed by atoms with Crippen molar-refractivity contribution in [3.05, 3.63) is 29.6 Å². The lowest BCUT2D eigenvalue weighted by atomic mass is 10.0. The second kappa shape index (κ2) is 6.32. The molecule has 0 fully saturated rings. The van der Waals surface area contributed by atoms with Crippen LogP contribution in [0.15, 0.2) is 23.1 Å². The van der Waals surface area contributed by atoms with E-state index in [-0.39, 0.29) is 17.5 Å². The van der Waals surface area contributed by atoms with E-state index in [0.717, 1.165) is 18.6 Å². The van der Waals surface area contributed by atoms with Gasteiger partial charge in [-0.1, -0.05) is 20.3 Å². The number of benzene rings is 1. The molecule has 0 aliphatic heterocycles. The average Bonchev–Trinajstić information content (AvgIpc) is 2.36. The van der Waals surface area contributed by atoms with Gasteiger partial charge in [-0.05, 0) is 31.0 Å². The maximum atomic E-state index is 13.4. The van der Waals surface area contributed by atoms with Gasteiger partial charge >= 0.3 is 0 Å². The number of hydrogen-bond donors (Lipinski definition) is 2. The van der Waals surface area contributed by atoms with Gasteiger partial charge in [0.25, 0.3) is 5.91 Å². The third-order valence-corrected chi connectivity index (χ3v) is 4.28. The van der Waals surface area contributed by atoms with E-state index in [1.807, 2.05) is 20.8 Å². The Labute approximate surface area is 118 Å². The number of halogens is 1. The minimum atomic E-state index is -4.19. The summed E-state index contributed by atoms with van der Waals surface area (Å²) in [4.78, 5) is 11.3. The van der Waals surface area contributed by atoms with Crippen LogP contribution in [0, 0.1) is 11.7 Å². The van der Waals surface area contributed by atoms with Gasteiger partial charge in [0.2, 0.25) is 10.0 Å². The third kappa shape index (κ3) is 4.01. The summed E-state index contributed by atoms with van der Waals surface area (Å²) >= 11 is 0. The van der Waals surface area contributed by atoms with Gasteiger partial charge in [-0.15, -0.1) is 0 Å². The van der Waals surface area contributed by atoms with Crippen LogP contribution in [-0.4, -0.2) is 20.4 Å². The molecule has 0 aliphatic rings. The molecule has 0 saturated carbocycles. The Morgan fingerprint density at radius 1 is 1.40 bits per heavy atom. The molecular formula is C13H19FN2O3S. The molecule has 0 aromatic heterocycles. The predicted octanol–water partition coefficient (Wildman–Crippen LogP) is 1.64. The van der Waals surface area contributed by atoms with Gasteiger partial charge in [-0.2, -0.15) is 0 Å². The number of carbonyl (C=O) groups is 1. The summed E-state index contributed by atoms with van der Waals surface area (Å²) in [7, 11) is -4.19. The van der Waals surface area contributed by atoms with Crippen LogP contribution < -0.4 is 10.5 Å². The number of hydrogen-bond acceptors (Lipinski definition) is 3. The minimum Gasteiger partial charge on any atom is -0.349 e. The Morgan fingerprint density at radius 3 is 2.50 bits per heavy atom. The highest BCUT2D eigenvalue weighted by Crippen LogP contribution is 2.15. The largest absolute Gasteiger partial charge is 0.349 e. The van der Waals surface area contributed by atoms with E-state index >= 15 is 0 Å². The Kier molecular flexibility index (Phi) is 5.24. The first-order valence-electron chi connectivity index (χ1n) is 6.30. The Morgan fingerprint density at radius 2 is 2.00 bits per heavy atom. The molecule has 0 bridgehead atoms. The van der Waals surface area contributed by atoms with Crippen LogP contribution in [-0.2, 0) is 10.0 Å². The summed E-state index contributed by atoms with van der Waals surface area (Å²) in [5.74, 6) is -1.15. The lowest BCUT2D eigenvalue weighted by molar-refractivity contribution is 0.0928. The van der Waals surface area contributed by atoms with Crippen molar-refractivity contribution in [1.29, 1.82) is 0 Å². The minimum absolute atomic E-state index is 0.0607. The zero-order chi connectivity index (χ0) is 15.5. The number of sulfonamides is 1. The van der Waals surface area contributed by atoms with Crippen LogP contribution in [0.4, 0.5) is 4.39 Å². The fourth-order valence-corrected chi connectivity index (χ4v) is 2.28. The van der Waals surface area contributed by atoms with Crippen molar-refractivity contribution in [1.82, 2.24) is 5.32 Å². The molecule has 0 heterocycles. The fourth-order valence-electron chi connectivity index (χ4n) is 1.65. The lowest BCUT2D eigenvalue weighted by Crippen LogP contribution is -2.37. The van der Waals surface area contributed by atoms with E-state index in [1.165, 1.54) is 6.07 Å². The number of nitrogens with two attached hydrogens (primary N) is 1. The van der Waals surface area contributed by atoms with E-state index in [1.54, 1.807) is 0 Å². The molecule has 5 nitrogen and oxygen atoms in total. The monoisotopic (exact) mass is 302 g/mol. The molecule has 0 saturated heterocycles. The Bertz CT molecular complexity index is 602. The SMILES string of the molecule is CCC(C)C(C)NC(=O)c1ccc(F)c(S(N)(=O)=O)c1. The van der Waals surface area contributed by atoms with Gasteiger partial charge in [0.15, 0.2) is 0 Å². The predicted molar refractivity (Wildman–Crippen MR) is 74.2 cm³/mol. The molecule has 2 atom stereocenters. The molecule has 20 heavy (non-hydrogen) atoms. The third-order valence-electron chi connectivity index (χ3n) is 3.36. The first-order chi connectivity index (χ1) is 9.16. The van der Waals surface area contributed by atoms with Crippen molar-refractivity contribution in [2.24, 2.45) is 11.1 Å². The van der Waals surface area contributed by atoms with Gasteiger partial charge in [-0.25, -0.2) is 17.9 Å². The Balaban J connectivity index is 3.01. The van der Waals surface area contributed by atoms with Crippen molar-refractivity contribution < 1.29 is 17.6 Å². The summed E-state index contributed by atoms with van der Waals surface area (Å²) in [5.41, 5.74) is 0.0607. The van der Waals surface area contributed by atoms with Crippen molar-refractivity contribution in [3.63, 3.8) is 0 Å². The summed E-state index contributed by atoms with van der Waals surface area (Å²) in [6, 6.07) is 3.02. The molecule has 0 spiro atoms. The Hall–Kier alpha value is -1.47. The number of carbonyl (C=O) groups excluding carboxylic acids is 1. The molecule has 1 rings (SSSR count). The number of nitrogens with one attached hydrogen (secondary N) is 1. The van der Waals surface area contributed by atoms with Crippen LogP contribution in [0.25, 0.3) is 0 Å². The first kappa shape index (κ1) is 16.6. The molecular weight excluding hydrogens is 283 g/mol. The molecule has 1 aromatic carbocycles. The van der Waals surface area contributed by atoms with Gasteiger partial charge in [0.05, 0.1) is 0 Å². The van der Waals surface area contributed by atoms with Crippen LogP contribution in [0.2, 0.25) is 0 Å². The highest BCUT2D eigenvalue weighted by atomic mass is 32.2. The van der Waals surface area contributed by atoms with Gasteiger partial charge in [0, 0.05) is 11.6 Å². The smallest absolute Gasteiger partial charge is 0.251 e. The number of rotatable bonds is 5. The molecule has 1 aromatic rings. The maximum absolute atomic E-state index is 13.4. The normalized spacial score (nSPS) is 14.7. The first-order valence-corrected chi connectivity index (χ1v) is 7.84. The molecule has 112 valence electrons. The fraction of sp³-hybridized carbons (Fsp3) is 0.462. The average molecular weight is 302 g/mol. The second-order valence-electron chi connectivity index (χ2n) is 4.84. The molecule has 7 heteroatoms. The molecule has 0 aliphatic carbocycles. The van der Waals surface area contributed by atoms with Gasteiger partial charge in [-0.3, -0.25) is 4.79 Å². The van der Waals surface area contributed by atoms with Crippen molar-refractivity contribution >= 4 is 15.9 Å². The van der Waals surface area contributed by atoms with Crippen LogP contribution in [0.5, 0.6) is 0 Å². The lowest BCUT2D eigenvalue weighted by Gasteiger charge is -2.20. The summed E-state index contributed by atoms with van der Waals surface area (Å²) in [6.07, 6.45) is 0.896. The quantitative estimate of drug-likeness (QED) is 0.866. The summed E-state index contributed by atoms with van der Waals surface area (Å²) in [5, 5.41) is 7.65. The van der Waals surface area contributed by atoms with Crippen LogP contribution in [0.1, 0.15) is 37.6 Å². The standard InChI is InChI=1S/C13H19FN2O3S/c1-4-8(2)9(3)16-13(17)10-5-6-11(14)12(7-10)20(15,18)19/h5-9H,4H2,1-3H3,(H,16,17)(H2,15,18,19). The van der Waals surface area contributed by atoms with Crippen molar-refractivity contribution in [2.45, 2.75) is 38.1 Å². The number of primary sulfonamides is 1. The van der Waals surface area contributed by atoms with E-state index in [0.29, 0.717) is 0 Å². The van der Waals surface area contributed by atoms with E-state index in [9.17, 15) is 17.6 Å². The van der Waals surface area contributed by atoms with Crippen LogP contribution >= 0.6 is 0 Å². The van der Waals surface area contributed by atoms with E-state index in [2.05, 4.69) is 5.32 Å².